The lowest BCUT2D eigenvalue weighted by Gasteiger charge is -2.25. The first-order valence-corrected chi connectivity index (χ1v) is 11.1. The van der Waals surface area contributed by atoms with Crippen LogP contribution in [0, 0.1) is 6.92 Å². The van der Waals surface area contributed by atoms with Gasteiger partial charge in [-0.25, -0.2) is 4.68 Å². The smallest absolute Gasteiger partial charge is 0.227 e. The van der Waals surface area contributed by atoms with Gasteiger partial charge in [0.15, 0.2) is 0 Å². The maximum atomic E-state index is 10.5. The summed E-state index contributed by atoms with van der Waals surface area (Å²) in [5.74, 6) is 1.48. The summed E-state index contributed by atoms with van der Waals surface area (Å²) in [7, 11) is 0. The lowest BCUT2D eigenvalue weighted by atomic mass is 10.2. The summed E-state index contributed by atoms with van der Waals surface area (Å²) < 4.78 is 13.7. The summed E-state index contributed by atoms with van der Waals surface area (Å²) in [6, 6.07) is 20.3. The van der Waals surface area contributed by atoms with Crippen molar-refractivity contribution in [3.63, 3.8) is 0 Å². The molecule has 0 spiro atoms. The SMILES string of the molecule is C=CCOCC(O)CN(Cc1c(C)nn(-c2ccccc2)c1Oc1ccccc1)C1CC1. The van der Waals surface area contributed by atoms with Crippen LogP contribution in [0.3, 0.4) is 0 Å². The Bertz CT molecular complexity index is 1000. The average molecular weight is 434 g/mol. The normalized spacial score (nSPS) is 14.5. The molecule has 2 aromatic carbocycles. The Hall–Kier alpha value is -2.93. The molecule has 0 bridgehead atoms. The van der Waals surface area contributed by atoms with E-state index in [1.807, 2.05) is 72.3 Å². The quantitative estimate of drug-likeness (QED) is 0.337. The molecule has 6 heteroatoms. The summed E-state index contributed by atoms with van der Waals surface area (Å²) in [6.45, 7) is 7.61. The molecule has 1 unspecified atom stereocenters. The lowest BCUT2D eigenvalue weighted by molar-refractivity contribution is 0.0226. The van der Waals surface area contributed by atoms with Crippen LogP contribution in [0.5, 0.6) is 11.6 Å². The van der Waals surface area contributed by atoms with E-state index in [4.69, 9.17) is 14.6 Å². The van der Waals surface area contributed by atoms with Crippen LogP contribution in [0.1, 0.15) is 24.1 Å². The third kappa shape index (κ3) is 5.65. The highest BCUT2D eigenvalue weighted by Gasteiger charge is 2.32. The number of nitrogens with zero attached hydrogens (tertiary/aromatic N) is 3. The molecule has 1 fully saturated rings. The van der Waals surface area contributed by atoms with E-state index in [1.165, 1.54) is 0 Å². The summed E-state index contributed by atoms with van der Waals surface area (Å²) in [6.07, 6.45) is 3.42. The number of aromatic nitrogens is 2. The predicted molar refractivity (Wildman–Crippen MR) is 125 cm³/mol. The zero-order chi connectivity index (χ0) is 22.3. The largest absolute Gasteiger partial charge is 0.439 e. The molecular weight excluding hydrogens is 402 g/mol. The van der Waals surface area contributed by atoms with Crippen molar-refractivity contribution < 1.29 is 14.6 Å². The van der Waals surface area contributed by atoms with Crippen LogP contribution >= 0.6 is 0 Å². The van der Waals surface area contributed by atoms with Gasteiger partial charge in [-0.2, -0.15) is 5.10 Å². The highest BCUT2D eigenvalue weighted by Crippen LogP contribution is 2.35. The number of benzene rings is 2. The molecule has 0 saturated heterocycles. The lowest BCUT2D eigenvalue weighted by Crippen LogP contribution is -2.36. The number of hydrogen-bond donors (Lipinski definition) is 1. The molecule has 6 nitrogen and oxygen atoms in total. The van der Waals surface area contributed by atoms with Gasteiger partial charge in [-0.15, -0.1) is 6.58 Å². The number of hydrogen-bond acceptors (Lipinski definition) is 5. The van der Waals surface area contributed by atoms with Crippen LogP contribution in [0.2, 0.25) is 0 Å². The van der Waals surface area contributed by atoms with Gasteiger partial charge in [0.05, 0.1) is 36.3 Å². The van der Waals surface area contributed by atoms with E-state index in [2.05, 4.69) is 11.5 Å². The predicted octanol–water partition coefficient (Wildman–Crippen LogP) is 4.50. The topological polar surface area (TPSA) is 59.8 Å². The summed E-state index contributed by atoms with van der Waals surface area (Å²) in [4.78, 5) is 2.32. The minimum absolute atomic E-state index is 0.296. The fraction of sp³-hybridized carbons (Fsp3) is 0.346. The second-order valence-corrected chi connectivity index (χ2v) is 8.17. The Morgan fingerprint density at radius 1 is 1.16 bits per heavy atom. The van der Waals surface area contributed by atoms with Crippen LogP contribution in [0.15, 0.2) is 73.3 Å². The molecule has 1 heterocycles. The number of aryl methyl sites for hydroxylation is 1. The van der Waals surface area contributed by atoms with Crippen LogP contribution in [0.4, 0.5) is 0 Å². The molecule has 1 N–H and O–H groups in total. The molecule has 168 valence electrons. The first-order chi connectivity index (χ1) is 15.7. The summed E-state index contributed by atoms with van der Waals surface area (Å²) in [5, 5.41) is 15.3. The van der Waals surface area contributed by atoms with Crippen molar-refractivity contribution in [3.8, 4) is 17.3 Å². The number of rotatable bonds is 12. The first-order valence-electron chi connectivity index (χ1n) is 11.1. The Morgan fingerprint density at radius 3 is 2.50 bits per heavy atom. The highest BCUT2D eigenvalue weighted by atomic mass is 16.5. The van der Waals surface area contributed by atoms with Crippen molar-refractivity contribution in [2.24, 2.45) is 0 Å². The molecule has 3 aromatic rings. The Balaban J connectivity index is 1.61. The second-order valence-electron chi connectivity index (χ2n) is 8.17. The standard InChI is InChI=1S/C26H31N3O3/c1-3-16-31-19-23(30)17-28(21-14-15-21)18-25-20(2)27-29(22-10-6-4-7-11-22)26(25)32-24-12-8-5-9-13-24/h3-13,21,23,30H,1,14-19H2,2H3. The Kier molecular flexibility index (Phi) is 7.37. The van der Waals surface area contributed by atoms with E-state index in [1.54, 1.807) is 6.08 Å². The van der Waals surface area contributed by atoms with E-state index in [-0.39, 0.29) is 0 Å². The summed E-state index contributed by atoms with van der Waals surface area (Å²) >= 11 is 0. The molecule has 0 amide bonds. The Labute approximate surface area is 189 Å². The van der Waals surface area contributed by atoms with Gasteiger partial charge in [-0.05, 0) is 44.0 Å². The molecule has 32 heavy (non-hydrogen) atoms. The van der Waals surface area contributed by atoms with Crippen LogP contribution in [-0.4, -0.2) is 51.7 Å². The fourth-order valence-corrected chi connectivity index (χ4v) is 3.77. The van der Waals surface area contributed by atoms with E-state index in [9.17, 15) is 5.11 Å². The second kappa shape index (κ2) is 10.6. The van der Waals surface area contributed by atoms with Gasteiger partial charge in [0.1, 0.15) is 5.75 Å². The van der Waals surface area contributed by atoms with Gasteiger partial charge in [0.2, 0.25) is 5.88 Å². The number of aliphatic hydroxyl groups is 1. The molecule has 0 aliphatic heterocycles. The van der Waals surface area contributed by atoms with Crippen molar-refractivity contribution in [2.45, 2.75) is 38.5 Å². The minimum atomic E-state index is -0.557. The van der Waals surface area contributed by atoms with Crippen molar-refractivity contribution in [1.82, 2.24) is 14.7 Å². The minimum Gasteiger partial charge on any atom is -0.439 e. The third-order valence-electron chi connectivity index (χ3n) is 5.51. The van der Waals surface area contributed by atoms with Crippen molar-refractivity contribution in [3.05, 3.63) is 84.6 Å². The van der Waals surface area contributed by atoms with Crippen LogP contribution in [-0.2, 0) is 11.3 Å². The third-order valence-corrected chi connectivity index (χ3v) is 5.51. The van der Waals surface area contributed by atoms with Gasteiger partial charge in [-0.1, -0.05) is 42.5 Å². The molecule has 4 rings (SSSR count). The van der Waals surface area contributed by atoms with E-state index in [0.29, 0.717) is 38.2 Å². The molecule has 1 aliphatic carbocycles. The molecule has 1 aromatic heterocycles. The van der Waals surface area contributed by atoms with Crippen molar-refractivity contribution in [2.75, 3.05) is 19.8 Å². The zero-order valence-electron chi connectivity index (χ0n) is 18.6. The van der Waals surface area contributed by atoms with Gasteiger partial charge >= 0.3 is 0 Å². The molecular formula is C26H31N3O3. The highest BCUT2D eigenvalue weighted by molar-refractivity contribution is 5.43. The maximum Gasteiger partial charge on any atom is 0.227 e. The maximum absolute atomic E-state index is 10.5. The van der Waals surface area contributed by atoms with E-state index in [0.717, 1.165) is 35.5 Å². The number of aliphatic hydroxyl groups excluding tert-OH is 1. The van der Waals surface area contributed by atoms with Crippen LogP contribution in [0.25, 0.3) is 5.69 Å². The molecule has 1 atom stereocenters. The molecule has 0 radical (unpaired) electrons. The van der Waals surface area contributed by atoms with Gasteiger partial charge in [0.25, 0.3) is 0 Å². The molecule has 1 aliphatic rings. The Morgan fingerprint density at radius 2 is 1.84 bits per heavy atom. The zero-order valence-corrected chi connectivity index (χ0v) is 18.6. The van der Waals surface area contributed by atoms with E-state index < -0.39 is 6.10 Å². The first kappa shape index (κ1) is 22.3. The number of para-hydroxylation sites is 2. The van der Waals surface area contributed by atoms with Gasteiger partial charge in [-0.3, -0.25) is 4.90 Å². The van der Waals surface area contributed by atoms with Gasteiger partial charge < -0.3 is 14.6 Å². The van der Waals surface area contributed by atoms with Gasteiger partial charge in [0, 0.05) is 19.1 Å². The van der Waals surface area contributed by atoms with E-state index >= 15 is 0 Å². The fourth-order valence-electron chi connectivity index (χ4n) is 3.77. The number of ether oxygens (including phenoxy) is 2. The van der Waals surface area contributed by atoms with Crippen molar-refractivity contribution in [1.29, 1.82) is 0 Å². The average Bonchev–Trinajstić information content (AvgIpc) is 3.61. The summed E-state index contributed by atoms with van der Waals surface area (Å²) in [5.41, 5.74) is 2.90. The molecule has 1 saturated carbocycles. The van der Waals surface area contributed by atoms with Crippen molar-refractivity contribution >= 4 is 0 Å². The monoisotopic (exact) mass is 433 g/mol. The van der Waals surface area contributed by atoms with Crippen LogP contribution < -0.4 is 4.74 Å².